The second kappa shape index (κ2) is 11.0. The molecule has 3 heterocycles. The van der Waals surface area contributed by atoms with Crippen molar-refractivity contribution in [2.75, 3.05) is 25.5 Å². The molecule has 0 aliphatic carbocycles. The first-order valence-corrected chi connectivity index (χ1v) is 14.0. The third kappa shape index (κ3) is 6.25. The standard InChI is InChI=1S/C30H35BrN6O2/c1-30(2,3)23-16-20(6-8-24(23)31)34-29-35-25-17-21(7-9-27(25)37(29)5)39-22-10-13-32-26(18-22)28(38)33-19-11-14-36(4)15-12-19/h6-10,13,16-19H,11-12,14-15H2,1-5H3,(H,33,38)(H,34,35). The van der Waals surface area contributed by atoms with E-state index in [1.165, 1.54) is 5.56 Å². The van der Waals surface area contributed by atoms with Crippen molar-refractivity contribution in [2.24, 2.45) is 7.05 Å². The minimum atomic E-state index is -0.173. The predicted octanol–water partition coefficient (Wildman–Crippen LogP) is 6.39. The number of hydrogen-bond donors (Lipinski definition) is 2. The molecule has 204 valence electrons. The Balaban J connectivity index is 1.31. The first-order chi connectivity index (χ1) is 18.6. The van der Waals surface area contributed by atoms with Gasteiger partial charge in [0.2, 0.25) is 5.95 Å². The molecule has 9 heteroatoms. The van der Waals surface area contributed by atoms with Gasteiger partial charge < -0.3 is 24.8 Å². The van der Waals surface area contributed by atoms with Gasteiger partial charge in [-0.15, -0.1) is 0 Å². The summed E-state index contributed by atoms with van der Waals surface area (Å²) in [6, 6.07) is 15.7. The summed E-state index contributed by atoms with van der Waals surface area (Å²) < 4.78 is 9.23. The van der Waals surface area contributed by atoms with Crippen LogP contribution in [0.2, 0.25) is 0 Å². The summed E-state index contributed by atoms with van der Waals surface area (Å²) in [6.45, 7) is 8.55. The zero-order chi connectivity index (χ0) is 27.7. The maximum absolute atomic E-state index is 12.8. The lowest BCUT2D eigenvalue weighted by Crippen LogP contribution is -2.43. The number of anilines is 2. The third-order valence-corrected chi connectivity index (χ3v) is 7.83. The number of halogens is 1. The lowest BCUT2D eigenvalue weighted by molar-refractivity contribution is 0.0911. The van der Waals surface area contributed by atoms with E-state index >= 15 is 0 Å². The molecule has 0 unspecified atom stereocenters. The van der Waals surface area contributed by atoms with Crippen molar-refractivity contribution in [1.29, 1.82) is 0 Å². The highest BCUT2D eigenvalue weighted by molar-refractivity contribution is 9.10. The average Bonchev–Trinajstić information content (AvgIpc) is 3.20. The molecular weight excluding hydrogens is 556 g/mol. The number of nitrogens with one attached hydrogen (secondary N) is 2. The predicted molar refractivity (Wildman–Crippen MR) is 159 cm³/mol. The molecule has 0 radical (unpaired) electrons. The number of pyridine rings is 1. The Kier molecular flexibility index (Phi) is 7.64. The van der Waals surface area contributed by atoms with Gasteiger partial charge in [0.1, 0.15) is 17.2 Å². The fraction of sp³-hybridized carbons (Fsp3) is 0.367. The molecule has 0 spiro atoms. The van der Waals surface area contributed by atoms with Crippen molar-refractivity contribution in [3.63, 3.8) is 0 Å². The lowest BCUT2D eigenvalue weighted by Gasteiger charge is -2.29. The molecule has 1 aliphatic heterocycles. The van der Waals surface area contributed by atoms with Crippen LogP contribution in [0.1, 0.15) is 49.7 Å². The molecule has 1 aliphatic rings. The Morgan fingerprint density at radius 1 is 1.03 bits per heavy atom. The van der Waals surface area contributed by atoms with Crippen molar-refractivity contribution >= 4 is 44.5 Å². The van der Waals surface area contributed by atoms with E-state index in [1.807, 2.05) is 35.9 Å². The number of benzene rings is 2. The molecule has 5 rings (SSSR count). The molecular formula is C30H35BrN6O2. The number of carbonyl (C=O) groups is 1. The Labute approximate surface area is 237 Å². The normalized spacial score (nSPS) is 14.9. The maximum Gasteiger partial charge on any atom is 0.270 e. The van der Waals surface area contributed by atoms with E-state index in [0.29, 0.717) is 17.2 Å². The molecule has 4 aromatic rings. The number of likely N-dealkylation sites (tertiary alicyclic amines) is 1. The van der Waals surface area contributed by atoms with Gasteiger partial charge in [-0.05, 0) is 80.4 Å². The van der Waals surface area contributed by atoms with E-state index in [1.54, 1.807) is 18.3 Å². The monoisotopic (exact) mass is 590 g/mol. The number of fused-ring (bicyclic) bond motifs is 1. The number of piperidine rings is 1. The van der Waals surface area contributed by atoms with Crippen LogP contribution in [-0.4, -0.2) is 51.5 Å². The number of imidazole rings is 1. The van der Waals surface area contributed by atoms with Gasteiger partial charge in [0.15, 0.2) is 0 Å². The highest BCUT2D eigenvalue weighted by Crippen LogP contribution is 2.33. The Morgan fingerprint density at radius 3 is 2.51 bits per heavy atom. The Morgan fingerprint density at radius 2 is 1.77 bits per heavy atom. The summed E-state index contributed by atoms with van der Waals surface area (Å²) >= 11 is 3.68. The molecule has 1 fully saturated rings. The average molecular weight is 592 g/mol. The Bertz CT molecular complexity index is 1500. The second-order valence-corrected chi connectivity index (χ2v) is 12.1. The van der Waals surface area contributed by atoms with Gasteiger partial charge in [-0.3, -0.25) is 9.78 Å². The first kappa shape index (κ1) is 27.1. The minimum absolute atomic E-state index is 0.00944. The van der Waals surface area contributed by atoms with Gasteiger partial charge in [0.05, 0.1) is 11.0 Å². The van der Waals surface area contributed by atoms with Crippen molar-refractivity contribution in [1.82, 2.24) is 24.8 Å². The van der Waals surface area contributed by atoms with Crippen LogP contribution in [0, 0.1) is 0 Å². The van der Waals surface area contributed by atoms with Gasteiger partial charge in [0, 0.05) is 41.6 Å². The van der Waals surface area contributed by atoms with Crippen molar-refractivity contribution in [3.8, 4) is 11.5 Å². The number of amides is 1. The molecule has 2 aromatic heterocycles. The van der Waals surface area contributed by atoms with Crippen LogP contribution in [0.15, 0.2) is 59.2 Å². The van der Waals surface area contributed by atoms with Gasteiger partial charge >= 0.3 is 0 Å². The topological polar surface area (TPSA) is 84.3 Å². The largest absolute Gasteiger partial charge is 0.457 e. The van der Waals surface area contributed by atoms with Gasteiger partial charge in [-0.25, -0.2) is 4.98 Å². The van der Waals surface area contributed by atoms with Crippen LogP contribution in [-0.2, 0) is 12.5 Å². The van der Waals surface area contributed by atoms with E-state index in [-0.39, 0.29) is 17.4 Å². The van der Waals surface area contributed by atoms with E-state index < -0.39 is 0 Å². The summed E-state index contributed by atoms with van der Waals surface area (Å²) in [6.07, 6.45) is 3.49. The molecule has 0 saturated carbocycles. The molecule has 39 heavy (non-hydrogen) atoms. The van der Waals surface area contributed by atoms with Gasteiger partial charge in [-0.2, -0.15) is 0 Å². The number of hydrogen-bond acceptors (Lipinski definition) is 6. The molecule has 2 N–H and O–H groups in total. The zero-order valence-corrected chi connectivity index (χ0v) is 24.7. The fourth-order valence-electron chi connectivity index (χ4n) is 4.81. The quantitative estimate of drug-likeness (QED) is 0.271. The SMILES string of the molecule is CN1CCC(NC(=O)c2cc(Oc3ccc4c(c3)nc(Nc3ccc(Br)c(C(C)(C)C)c3)n4C)ccn2)CC1. The summed E-state index contributed by atoms with van der Waals surface area (Å²) in [5.74, 6) is 1.75. The van der Waals surface area contributed by atoms with E-state index in [9.17, 15) is 4.79 Å². The smallest absolute Gasteiger partial charge is 0.270 e. The van der Waals surface area contributed by atoms with Crippen LogP contribution < -0.4 is 15.4 Å². The van der Waals surface area contributed by atoms with E-state index in [2.05, 4.69) is 76.4 Å². The molecule has 0 bridgehead atoms. The summed E-state index contributed by atoms with van der Waals surface area (Å²) in [5, 5.41) is 6.57. The molecule has 8 nitrogen and oxygen atoms in total. The van der Waals surface area contributed by atoms with Gasteiger partial charge in [-0.1, -0.05) is 36.7 Å². The summed E-state index contributed by atoms with van der Waals surface area (Å²) in [7, 11) is 4.09. The highest BCUT2D eigenvalue weighted by Gasteiger charge is 2.21. The van der Waals surface area contributed by atoms with Crippen molar-refractivity contribution in [3.05, 3.63) is 70.5 Å². The maximum atomic E-state index is 12.8. The molecule has 0 atom stereocenters. The number of aromatic nitrogens is 3. The number of carbonyl (C=O) groups excluding carboxylic acids is 1. The van der Waals surface area contributed by atoms with Gasteiger partial charge in [0.25, 0.3) is 5.91 Å². The first-order valence-electron chi connectivity index (χ1n) is 13.2. The van der Waals surface area contributed by atoms with Crippen molar-refractivity contribution < 1.29 is 9.53 Å². The van der Waals surface area contributed by atoms with E-state index in [0.717, 1.165) is 53.1 Å². The number of ether oxygens (including phenoxy) is 1. The molecule has 2 aromatic carbocycles. The number of nitrogens with zero attached hydrogens (tertiary/aromatic N) is 4. The number of aryl methyl sites for hydroxylation is 1. The zero-order valence-electron chi connectivity index (χ0n) is 23.1. The van der Waals surface area contributed by atoms with Crippen molar-refractivity contribution in [2.45, 2.75) is 45.1 Å². The van der Waals surface area contributed by atoms with Crippen LogP contribution in [0.25, 0.3) is 11.0 Å². The molecule has 1 amide bonds. The van der Waals surface area contributed by atoms with Crippen LogP contribution >= 0.6 is 15.9 Å². The summed E-state index contributed by atoms with van der Waals surface area (Å²) in [5.41, 5.74) is 4.33. The van der Waals surface area contributed by atoms with E-state index in [4.69, 9.17) is 9.72 Å². The summed E-state index contributed by atoms with van der Waals surface area (Å²) in [4.78, 5) is 24.2. The van der Waals surface area contributed by atoms with Crippen LogP contribution in [0.4, 0.5) is 11.6 Å². The lowest BCUT2D eigenvalue weighted by atomic mass is 9.87. The van der Waals surface area contributed by atoms with Crippen LogP contribution in [0.5, 0.6) is 11.5 Å². The second-order valence-electron chi connectivity index (χ2n) is 11.2. The molecule has 1 saturated heterocycles. The third-order valence-electron chi connectivity index (χ3n) is 7.14. The Hall–Kier alpha value is -3.43. The fourth-order valence-corrected chi connectivity index (χ4v) is 5.65. The minimum Gasteiger partial charge on any atom is -0.457 e. The van der Waals surface area contributed by atoms with Crippen LogP contribution in [0.3, 0.4) is 0 Å². The highest BCUT2D eigenvalue weighted by atomic mass is 79.9. The number of rotatable bonds is 6.